The van der Waals surface area contributed by atoms with Crippen molar-refractivity contribution in [3.8, 4) is 0 Å². The standard InChI is InChI=1S/C9H8BrNOS2/c10-6-1-7(13-4-6)2-8(12)9-3-11-5-14-9/h1,3-5,8,12H,2H2. The van der Waals surface area contributed by atoms with Crippen LogP contribution in [0.15, 0.2) is 27.6 Å². The molecule has 2 heterocycles. The van der Waals surface area contributed by atoms with Crippen LogP contribution in [0.1, 0.15) is 15.9 Å². The Bertz CT molecular complexity index is 399. The molecule has 14 heavy (non-hydrogen) atoms. The van der Waals surface area contributed by atoms with Gasteiger partial charge in [0.15, 0.2) is 0 Å². The summed E-state index contributed by atoms with van der Waals surface area (Å²) in [5.41, 5.74) is 1.74. The van der Waals surface area contributed by atoms with E-state index in [-0.39, 0.29) is 0 Å². The molecule has 0 aliphatic rings. The van der Waals surface area contributed by atoms with Crippen molar-refractivity contribution in [3.63, 3.8) is 0 Å². The molecule has 0 aliphatic heterocycles. The quantitative estimate of drug-likeness (QED) is 0.941. The van der Waals surface area contributed by atoms with Crippen molar-refractivity contribution >= 4 is 38.6 Å². The van der Waals surface area contributed by atoms with Crippen LogP contribution in [-0.2, 0) is 6.42 Å². The lowest BCUT2D eigenvalue weighted by Gasteiger charge is -2.04. The van der Waals surface area contributed by atoms with E-state index in [0.717, 1.165) is 9.35 Å². The molecule has 1 atom stereocenters. The van der Waals surface area contributed by atoms with Crippen molar-refractivity contribution < 1.29 is 5.11 Å². The number of thiophene rings is 1. The Hall–Kier alpha value is -0.230. The average Bonchev–Trinajstić information content (AvgIpc) is 2.75. The maximum absolute atomic E-state index is 9.83. The molecule has 2 aromatic rings. The fourth-order valence-corrected chi connectivity index (χ4v) is 3.24. The highest BCUT2D eigenvalue weighted by Gasteiger charge is 2.11. The summed E-state index contributed by atoms with van der Waals surface area (Å²) in [5, 5.41) is 11.9. The molecular formula is C9H8BrNOS2. The van der Waals surface area contributed by atoms with Gasteiger partial charge in [-0.25, -0.2) is 0 Å². The molecule has 0 radical (unpaired) electrons. The Labute approximate surface area is 98.4 Å². The maximum atomic E-state index is 9.83. The second-order valence-corrected chi connectivity index (χ2v) is 5.68. The summed E-state index contributed by atoms with van der Waals surface area (Å²) in [4.78, 5) is 6.05. The molecule has 0 aliphatic carbocycles. The normalized spacial score (nSPS) is 13.0. The van der Waals surface area contributed by atoms with E-state index in [0.29, 0.717) is 6.42 Å². The van der Waals surface area contributed by atoms with Crippen molar-refractivity contribution in [3.05, 3.63) is 37.4 Å². The number of rotatable bonds is 3. The third kappa shape index (κ3) is 2.42. The van der Waals surface area contributed by atoms with Gasteiger partial charge in [0, 0.05) is 27.3 Å². The van der Waals surface area contributed by atoms with Gasteiger partial charge in [0.05, 0.1) is 16.5 Å². The minimum absolute atomic E-state index is 0.423. The van der Waals surface area contributed by atoms with Gasteiger partial charge in [-0.3, -0.25) is 4.98 Å². The maximum Gasteiger partial charge on any atom is 0.0946 e. The summed E-state index contributed by atoms with van der Waals surface area (Å²) in [6.45, 7) is 0. The Balaban J connectivity index is 2.05. The first kappa shape index (κ1) is 10.3. The van der Waals surface area contributed by atoms with Gasteiger partial charge in [0.2, 0.25) is 0 Å². The smallest absolute Gasteiger partial charge is 0.0946 e. The first-order chi connectivity index (χ1) is 6.75. The largest absolute Gasteiger partial charge is 0.387 e. The molecule has 2 aromatic heterocycles. The predicted molar refractivity (Wildman–Crippen MR) is 62.8 cm³/mol. The zero-order chi connectivity index (χ0) is 9.97. The van der Waals surface area contributed by atoms with E-state index in [1.165, 1.54) is 16.2 Å². The third-order valence-electron chi connectivity index (χ3n) is 1.80. The molecule has 0 amide bonds. The molecule has 0 saturated carbocycles. The fraction of sp³-hybridized carbons (Fsp3) is 0.222. The van der Waals surface area contributed by atoms with Gasteiger partial charge in [-0.2, -0.15) is 0 Å². The van der Waals surface area contributed by atoms with Crippen LogP contribution in [-0.4, -0.2) is 10.1 Å². The van der Waals surface area contributed by atoms with Gasteiger partial charge in [-0.1, -0.05) is 0 Å². The van der Waals surface area contributed by atoms with E-state index in [9.17, 15) is 5.11 Å². The van der Waals surface area contributed by atoms with Crippen LogP contribution in [0.4, 0.5) is 0 Å². The zero-order valence-electron chi connectivity index (χ0n) is 7.18. The minimum atomic E-state index is -0.423. The van der Waals surface area contributed by atoms with Crippen LogP contribution in [0.3, 0.4) is 0 Å². The molecule has 2 nitrogen and oxygen atoms in total. The van der Waals surface area contributed by atoms with Crippen LogP contribution in [0, 0.1) is 0 Å². The van der Waals surface area contributed by atoms with Crippen molar-refractivity contribution in [2.24, 2.45) is 0 Å². The number of thiazole rings is 1. The van der Waals surface area contributed by atoms with Gasteiger partial charge in [-0.15, -0.1) is 22.7 Å². The average molecular weight is 290 g/mol. The molecule has 0 aromatic carbocycles. The number of halogens is 1. The lowest BCUT2D eigenvalue weighted by molar-refractivity contribution is 0.183. The SMILES string of the molecule is OC(Cc1cc(Br)cs1)c1cncs1. The number of aliphatic hydroxyl groups excluding tert-OH is 1. The second kappa shape index (κ2) is 4.53. The molecule has 5 heteroatoms. The number of hydrogen-bond donors (Lipinski definition) is 1. The monoisotopic (exact) mass is 289 g/mol. The predicted octanol–water partition coefficient (Wildman–Crippen LogP) is 3.24. The van der Waals surface area contributed by atoms with Gasteiger partial charge in [0.1, 0.15) is 0 Å². The molecule has 0 fully saturated rings. The van der Waals surface area contributed by atoms with Crippen molar-refractivity contribution in [1.29, 1.82) is 0 Å². The molecule has 0 spiro atoms. The number of nitrogens with zero attached hydrogens (tertiary/aromatic N) is 1. The summed E-state index contributed by atoms with van der Waals surface area (Å²) in [7, 11) is 0. The van der Waals surface area contributed by atoms with Crippen LogP contribution in [0.2, 0.25) is 0 Å². The number of aliphatic hydroxyl groups is 1. The Morgan fingerprint density at radius 3 is 2.93 bits per heavy atom. The molecule has 2 rings (SSSR count). The first-order valence-corrected chi connectivity index (χ1v) is 6.60. The highest BCUT2D eigenvalue weighted by Crippen LogP contribution is 2.26. The minimum Gasteiger partial charge on any atom is -0.387 e. The van der Waals surface area contributed by atoms with E-state index in [4.69, 9.17) is 0 Å². The molecule has 1 unspecified atom stereocenters. The van der Waals surface area contributed by atoms with Gasteiger partial charge in [-0.05, 0) is 22.0 Å². The van der Waals surface area contributed by atoms with Crippen LogP contribution in [0.5, 0.6) is 0 Å². The lowest BCUT2D eigenvalue weighted by atomic mass is 10.2. The second-order valence-electron chi connectivity index (χ2n) is 2.85. The van der Waals surface area contributed by atoms with Crippen molar-refractivity contribution in [2.45, 2.75) is 12.5 Å². The lowest BCUT2D eigenvalue weighted by Crippen LogP contribution is -1.97. The fourth-order valence-electron chi connectivity index (χ4n) is 1.14. The third-order valence-corrected chi connectivity index (χ3v) is 4.39. The Morgan fingerprint density at radius 1 is 1.50 bits per heavy atom. The van der Waals surface area contributed by atoms with Crippen LogP contribution >= 0.6 is 38.6 Å². The van der Waals surface area contributed by atoms with Crippen molar-refractivity contribution in [2.75, 3.05) is 0 Å². The van der Waals surface area contributed by atoms with E-state index < -0.39 is 6.10 Å². The summed E-state index contributed by atoms with van der Waals surface area (Å²) >= 11 is 6.53. The summed E-state index contributed by atoms with van der Waals surface area (Å²) < 4.78 is 1.08. The zero-order valence-corrected chi connectivity index (χ0v) is 10.4. The molecule has 0 saturated heterocycles. The van der Waals surface area contributed by atoms with E-state index in [1.807, 2.05) is 11.4 Å². The topological polar surface area (TPSA) is 33.1 Å². The molecular weight excluding hydrogens is 282 g/mol. The van der Waals surface area contributed by atoms with Crippen LogP contribution < -0.4 is 0 Å². The highest BCUT2D eigenvalue weighted by molar-refractivity contribution is 9.10. The summed E-state index contributed by atoms with van der Waals surface area (Å²) in [6, 6.07) is 2.04. The summed E-state index contributed by atoms with van der Waals surface area (Å²) in [5.74, 6) is 0. The Kier molecular flexibility index (Phi) is 3.33. The van der Waals surface area contributed by atoms with E-state index >= 15 is 0 Å². The summed E-state index contributed by atoms with van der Waals surface area (Å²) in [6.07, 6.45) is 1.96. The van der Waals surface area contributed by atoms with Gasteiger partial charge >= 0.3 is 0 Å². The van der Waals surface area contributed by atoms with Crippen LogP contribution in [0.25, 0.3) is 0 Å². The molecule has 0 bridgehead atoms. The molecule has 1 N–H and O–H groups in total. The molecule has 74 valence electrons. The van der Waals surface area contributed by atoms with E-state index in [2.05, 4.69) is 20.9 Å². The number of hydrogen-bond acceptors (Lipinski definition) is 4. The van der Waals surface area contributed by atoms with Gasteiger partial charge in [0.25, 0.3) is 0 Å². The number of aromatic nitrogens is 1. The van der Waals surface area contributed by atoms with E-state index in [1.54, 1.807) is 23.0 Å². The van der Waals surface area contributed by atoms with Gasteiger partial charge < -0.3 is 5.11 Å². The first-order valence-electron chi connectivity index (χ1n) is 4.05. The highest BCUT2D eigenvalue weighted by atomic mass is 79.9. The van der Waals surface area contributed by atoms with Crippen molar-refractivity contribution in [1.82, 2.24) is 4.98 Å². The Morgan fingerprint density at radius 2 is 2.36 bits per heavy atom.